The highest BCUT2D eigenvalue weighted by molar-refractivity contribution is 5.97. The highest BCUT2D eigenvalue weighted by Crippen LogP contribution is 2.12. The van der Waals surface area contributed by atoms with Gasteiger partial charge in [0, 0.05) is 17.3 Å². The molecule has 0 heterocycles. The minimum absolute atomic E-state index is 0.0900. The third-order valence-electron chi connectivity index (χ3n) is 3.51. The first-order valence-corrected chi connectivity index (χ1v) is 7.97. The zero-order chi connectivity index (χ0) is 17.4. The van der Waals surface area contributed by atoms with E-state index in [1.807, 2.05) is 32.0 Å². The van der Waals surface area contributed by atoms with Gasteiger partial charge in [0.25, 0.3) is 11.8 Å². The van der Waals surface area contributed by atoms with E-state index in [-0.39, 0.29) is 24.5 Å². The quantitative estimate of drug-likeness (QED) is 0.821. The van der Waals surface area contributed by atoms with E-state index >= 15 is 0 Å². The normalized spacial score (nSPS) is 11.4. The Bertz CT molecular complexity index is 686. The SMILES string of the molecule is CCC(C)NC(=O)c1cccc(NC(=O)COc2ccccc2)c1. The second-order valence-corrected chi connectivity index (χ2v) is 5.51. The summed E-state index contributed by atoms with van der Waals surface area (Å²) >= 11 is 0. The number of para-hydroxylation sites is 1. The van der Waals surface area contributed by atoms with Crippen LogP contribution in [0.1, 0.15) is 30.6 Å². The van der Waals surface area contributed by atoms with Gasteiger partial charge < -0.3 is 15.4 Å². The van der Waals surface area contributed by atoms with E-state index in [1.165, 1.54) is 0 Å². The van der Waals surface area contributed by atoms with Crippen molar-refractivity contribution in [1.82, 2.24) is 5.32 Å². The number of amides is 2. The first-order chi connectivity index (χ1) is 11.6. The molecule has 0 bridgehead atoms. The molecule has 0 saturated heterocycles. The van der Waals surface area contributed by atoms with Crippen molar-refractivity contribution >= 4 is 17.5 Å². The first-order valence-electron chi connectivity index (χ1n) is 7.97. The molecule has 0 fully saturated rings. The van der Waals surface area contributed by atoms with Gasteiger partial charge in [0.15, 0.2) is 6.61 Å². The molecule has 5 nitrogen and oxygen atoms in total. The van der Waals surface area contributed by atoms with Crippen molar-refractivity contribution in [1.29, 1.82) is 0 Å². The Kier molecular flexibility index (Phi) is 6.37. The van der Waals surface area contributed by atoms with Crippen LogP contribution in [0.5, 0.6) is 5.75 Å². The van der Waals surface area contributed by atoms with Gasteiger partial charge in [-0.15, -0.1) is 0 Å². The van der Waals surface area contributed by atoms with Crippen LogP contribution in [0.3, 0.4) is 0 Å². The van der Waals surface area contributed by atoms with E-state index in [1.54, 1.807) is 36.4 Å². The van der Waals surface area contributed by atoms with Crippen LogP contribution in [0.2, 0.25) is 0 Å². The van der Waals surface area contributed by atoms with Crippen molar-refractivity contribution in [2.75, 3.05) is 11.9 Å². The van der Waals surface area contributed by atoms with E-state index in [2.05, 4.69) is 10.6 Å². The maximum atomic E-state index is 12.1. The third-order valence-corrected chi connectivity index (χ3v) is 3.51. The average molecular weight is 326 g/mol. The summed E-state index contributed by atoms with van der Waals surface area (Å²) in [5, 5.41) is 5.63. The van der Waals surface area contributed by atoms with Crippen LogP contribution < -0.4 is 15.4 Å². The predicted octanol–water partition coefficient (Wildman–Crippen LogP) is 3.23. The largest absolute Gasteiger partial charge is 0.484 e. The molecule has 1 atom stereocenters. The zero-order valence-electron chi connectivity index (χ0n) is 13.9. The minimum atomic E-state index is -0.279. The van der Waals surface area contributed by atoms with Gasteiger partial charge in [0.1, 0.15) is 5.75 Å². The molecule has 2 rings (SSSR count). The van der Waals surface area contributed by atoms with E-state index in [4.69, 9.17) is 4.74 Å². The number of nitrogens with one attached hydrogen (secondary N) is 2. The summed E-state index contributed by atoms with van der Waals surface area (Å²) in [6.45, 7) is 3.87. The molecule has 0 aromatic heterocycles. The molecule has 2 N–H and O–H groups in total. The summed E-state index contributed by atoms with van der Waals surface area (Å²) < 4.78 is 5.39. The minimum Gasteiger partial charge on any atom is -0.484 e. The monoisotopic (exact) mass is 326 g/mol. The van der Waals surface area contributed by atoms with Crippen molar-refractivity contribution in [3.8, 4) is 5.75 Å². The lowest BCUT2D eigenvalue weighted by Gasteiger charge is -2.12. The van der Waals surface area contributed by atoms with E-state index < -0.39 is 0 Å². The fraction of sp³-hybridized carbons (Fsp3) is 0.263. The molecule has 0 aliphatic rings. The Morgan fingerprint density at radius 3 is 2.54 bits per heavy atom. The molecule has 5 heteroatoms. The fourth-order valence-corrected chi connectivity index (χ4v) is 2.01. The Hall–Kier alpha value is -2.82. The summed E-state index contributed by atoms with van der Waals surface area (Å²) in [6.07, 6.45) is 0.860. The molecule has 24 heavy (non-hydrogen) atoms. The Balaban J connectivity index is 1.91. The number of anilines is 1. The van der Waals surface area contributed by atoms with Gasteiger partial charge in [-0.05, 0) is 43.7 Å². The molecule has 2 aromatic carbocycles. The van der Waals surface area contributed by atoms with Crippen LogP contribution in [-0.2, 0) is 4.79 Å². The smallest absolute Gasteiger partial charge is 0.262 e. The fourth-order valence-electron chi connectivity index (χ4n) is 2.01. The van der Waals surface area contributed by atoms with Crippen molar-refractivity contribution in [3.63, 3.8) is 0 Å². The number of hydrogen-bond donors (Lipinski definition) is 2. The van der Waals surface area contributed by atoms with Crippen LogP contribution in [0.15, 0.2) is 54.6 Å². The zero-order valence-corrected chi connectivity index (χ0v) is 13.9. The molecule has 1 unspecified atom stereocenters. The van der Waals surface area contributed by atoms with Gasteiger partial charge in [0.05, 0.1) is 0 Å². The molecule has 0 aliphatic heterocycles. The van der Waals surface area contributed by atoms with E-state index in [0.717, 1.165) is 6.42 Å². The molecule has 2 amide bonds. The molecule has 0 aliphatic carbocycles. The summed E-state index contributed by atoms with van der Waals surface area (Å²) in [6, 6.07) is 16.1. The van der Waals surface area contributed by atoms with Gasteiger partial charge in [-0.1, -0.05) is 31.2 Å². The lowest BCUT2D eigenvalue weighted by atomic mass is 10.1. The molecular weight excluding hydrogens is 304 g/mol. The highest BCUT2D eigenvalue weighted by atomic mass is 16.5. The number of carbonyl (C=O) groups is 2. The van der Waals surface area contributed by atoms with Crippen LogP contribution in [0.25, 0.3) is 0 Å². The maximum Gasteiger partial charge on any atom is 0.262 e. The van der Waals surface area contributed by atoms with Gasteiger partial charge >= 0.3 is 0 Å². The van der Waals surface area contributed by atoms with Gasteiger partial charge in [-0.25, -0.2) is 0 Å². The first kappa shape index (κ1) is 17.5. The summed E-state index contributed by atoms with van der Waals surface area (Å²) in [4.78, 5) is 24.1. The highest BCUT2D eigenvalue weighted by Gasteiger charge is 2.10. The van der Waals surface area contributed by atoms with Crippen LogP contribution in [-0.4, -0.2) is 24.5 Å². The molecule has 2 aromatic rings. The second kappa shape index (κ2) is 8.72. The summed E-state index contributed by atoms with van der Waals surface area (Å²) in [7, 11) is 0. The van der Waals surface area contributed by atoms with Crippen molar-refractivity contribution in [2.45, 2.75) is 26.3 Å². The lowest BCUT2D eigenvalue weighted by molar-refractivity contribution is -0.118. The number of hydrogen-bond acceptors (Lipinski definition) is 3. The molecule has 0 radical (unpaired) electrons. The Labute approximate surface area is 142 Å². The van der Waals surface area contributed by atoms with Crippen molar-refractivity contribution in [3.05, 3.63) is 60.2 Å². The Morgan fingerprint density at radius 1 is 1.08 bits per heavy atom. The van der Waals surface area contributed by atoms with Gasteiger partial charge in [-0.3, -0.25) is 9.59 Å². The number of rotatable bonds is 7. The lowest BCUT2D eigenvalue weighted by Crippen LogP contribution is -2.32. The van der Waals surface area contributed by atoms with E-state index in [9.17, 15) is 9.59 Å². The molecule has 0 spiro atoms. The maximum absolute atomic E-state index is 12.1. The molecular formula is C19H22N2O3. The van der Waals surface area contributed by atoms with Gasteiger partial charge in [-0.2, -0.15) is 0 Å². The van der Waals surface area contributed by atoms with Crippen LogP contribution in [0.4, 0.5) is 5.69 Å². The number of ether oxygens (including phenoxy) is 1. The van der Waals surface area contributed by atoms with Crippen LogP contribution >= 0.6 is 0 Å². The molecule has 0 saturated carbocycles. The van der Waals surface area contributed by atoms with Crippen molar-refractivity contribution in [2.24, 2.45) is 0 Å². The standard InChI is InChI=1S/C19H22N2O3/c1-3-14(2)20-19(23)15-8-7-9-16(12-15)21-18(22)13-24-17-10-5-4-6-11-17/h4-12,14H,3,13H2,1-2H3,(H,20,23)(H,21,22). The summed E-state index contributed by atoms with van der Waals surface area (Å²) in [5.74, 6) is 0.202. The van der Waals surface area contributed by atoms with Crippen molar-refractivity contribution < 1.29 is 14.3 Å². The average Bonchev–Trinajstić information content (AvgIpc) is 2.61. The second-order valence-electron chi connectivity index (χ2n) is 5.51. The van der Waals surface area contributed by atoms with Crippen LogP contribution in [0, 0.1) is 0 Å². The predicted molar refractivity (Wildman–Crippen MR) is 94.2 cm³/mol. The van der Waals surface area contributed by atoms with E-state index in [0.29, 0.717) is 17.0 Å². The third kappa shape index (κ3) is 5.43. The number of carbonyl (C=O) groups excluding carboxylic acids is 2. The number of benzene rings is 2. The Morgan fingerprint density at radius 2 is 1.83 bits per heavy atom. The summed E-state index contributed by atoms with van der Waals surface area (Å²) in [5.41, 5.74) is 1.07. The van der Waals surface area contributed by atoms with Gasteiger partial charge in [0.2, 0.25) is 0 Å². The molecule has 126 valence electrons. The topological polar surface area (TPSA) is 67.4 Å².